The average Bonchev–Trinajstić information content (AvgIpc) is 2.51. The van der Waals surface area contributed by atoms with Gasteiger partial charge < -0.3 is 24.6 Å². The Balaban J connectivity index is 3.00. The summed E-state index contributed by atoms with van der Waals surface area (Å²) >= 11 is 0. The molecule has 2 atom stereocenters. The first-order valence-corrected chi connectivity index (χ1v) is 7.86. The van der Waals surface area contributed by atoms with E-state index in [0.29, 0.717) is 5.56 Å². The molecule has 0 aliphatic rings. The van der Waals surface area contributed by atoms with E-state index in [1.165, 1.54) is 19.2 Å². The number of hydrogen-bond acceptors (Lipinski definition) is 5. The van der Waals surface area contributed by atoms with Gasteiger partial charge >= 0.3 is 12.3 Å². The molecule has 0 fully saturated rings. The molecule has 6 nitrogen and oxygen atoms in total. The van der Waals surface area contributed by atoms with Gasteiger partial charge in [0.1, 0.15) is 18.5 Å². The number of alkyl halides is 3. The largest absolute Gasteiger partial charge is 0.444 e. The molecule has 9 heteroatoms. The average molecular weight is 379 g/mol. The molecule has 148 valence electrons. The van der Waals surface area contributed by atoms with Gasteiger partial charge in [0.25, 0.3) is 0 Å². The van der Waals surface area contributed by atoms with Crippen LogP contribution in [0.1, 0.15) is 38.0 Å². The second-order valence-electron chi connectivity index (χ2n) is 6.55. The zero-order chi connectivity index (χ0) is 20.0. The van der Waals surface area contributed by atoms with Gasteiger partial charge in [-0.3, -0.25) is 0 Å². The monoisotopic (exact) mass is 379 g/mol. The Bertz CT molecular complexity index is 569. The Labute approximate surface area is 150 Å². The minimum atomic E-state index is -4.47. The predicted octanol–water partition coefficient (Wildman–Crippen LogP) is 3.25. The number of amides is 1. The molecule has 0 aliphatic heterocycles. The van der Waals surface area contributed by atoms with E-state index in [1.807, 2.05) is 0 Å². The number of benzene rings is 1. The highest BCUT2D eigenvalue weighted by molar-refractivity contribution is 5.68. The number of aliphatic hydroxyl groups excluding tert-OH is 1. The number of halogens is 3. The molecule has 0 radical (unpaired) electrons. The van der Waals surface area contributed by atoms with Gasteiger partial charge in [-0.15, -0.1) is 0 Å². The molecule has 26 heavy (non-hydrogen) atoms. The first-order valence-electron chi connectivity index (χ1n) is 7.86. The Hall–Kier alpha value is -1.84. The number of carbonyl (C=O) groups excluding carboxylic acids is 1. The number of aliphatic hydroxyl groups is 1. The van der Waals surface area contributed by atoms with Gasteiger partial charge in [-0.1, -0.05) is 12.1 Å². The summed E-state index contributed by atoms with van der Waals surface area (Å²) in [5.74, 6) is 0. The van der Waals surface area contributed by atoms with E-state index in [9.17, 15) is 23.1 Å². The summed E-state index contributed by atoms with van der Waals surface area (Å²) < 4.78 is 53.5. The van der Waals surface area contributed by atoms with Crippen molar-refractivity contribution < 1.29 is 37.3 Å². The lowest BCUT2D eigenvalue weighted by Crippen LogP contribution is -2.45. The maximum absolute atomic E-state index is 12.7. The number of alkyl carbamates (subject to hydrolysis) is 1. The highest BCUT2D eigenvalue weighted by atomic mass is 19.4. The first kappa shape index (κ1) is 22.2. The van der Waals surface area contributed by atoms with Crippen LogP contribution in [0.5, 0.6) is 0 Å². The van der Waals surface area contributed by atoms with Crippen LogP contribution in [-0.2, 0) is 20.4 Å². The van der Waals surface area contributed by atoms with Crippen molar-refractivity contribution in [1.82, 2.24) is 5.32 Å². The van der Waals surface area contributed by atoms with Crippen LogP contribution in [0, 0.1) is 0 Å². The minimum absolute atomic E-state index is 0.182. The zero-order valence-corrected chi connectivity index (χ0v) is 15.1. The third-order valence-electron chi connectivity index (χ3n) is 3.20. The van der Waals surface area contributed by atoms with Gasteiger partial charge in [0.05, 0.1) is 18.2 Å². The van der Waals surface area contributed by atoms with E-state index >= 15 is 0 Å². The lowest BCUT2D eigenvalue weighted by molar-refractivity contribution is -0.137. The Morgan fingerprint density at radius 2 is 1.77 bits per heavy atom. The van der Waals surface area contributed by atoms with Gasteiger partial charge in [0, 0.05) is 7.11 Å². The van der Waals surface area contributed by atoms with Gasteiger partial charge in [0.15, 0.2) is 0 Å². The minimum Gasteiger partial charge on any atom is -0.444 e. The molecule has 2 N–H and O–H groups in total. The molecule has 0 spiro atoms. The van der Waals surface area contributed by atoms with Crippen LogP contribution in [0.15, 0.2) is 24.3 Å². The topological polar surface area (TPSA) is 77.0 Å². The fourth-order valence-electron chi connectivity index (χ4n) is 2.12. The van der Waals surface area contributed by atoms with E-state index < -0.39 is 42.2 Å². The third kappa shape index (κ3) is 7.19. The van der Waals surface area contributed by atoms with Crippen LogP contribution in [0.3, 0.4) is 0 Å². The Morgan fingerprint density at radius 1 is 1.19 bits per heavy atom. The molecule has 0 aromatic heterocycles. The second-order valence-corrected chi connectivity index (χ2v) is 6.55. The Morgan fingerprint density at radius 3 is 2.19 bits per heavy atom. The fraction of sp³-hybridized carbons (Fsp3) is 0.588. The van der Waals surface area contributed by atoms with Crippen molar-refractivity contribution >= 4 is 6.09 Å². The molecule has 1 rings (SSSR count). The van der Waals surface area contributed by atoms with Crippen molar-refractivity contribution in [2.75, 3.05) is 20.5 Å². The normalized spacial score (nSPS) is 14.6. The van der Waals surface area contributed by atoms with Gasteiger partial charge in [-0.25, -0.2) is 4.79 Å². The molecule has 1 amide bonds. The third-order valence-corrected chi connectivity index (χ3v) is 3.20. The maximum Gasteiger partial charge on any atom is 0.416 e. The standard InChI is InChI=1S/C17H24F3NO5/c1-16(2,3)26-15(23)21-13(9-22)14(25-10-24-4)11-5-7-12(8-6-11)17(18,19)20/h5-8,13-14,22H,9-10H2,1-4H3,(H,21,23). The van der Waals surface area contributed by atoms with Crippen LogP contribution >= 0.6 is 0 Å². The van der Waals surface area contributed by atoms with E-state index in [2.05, 4.69) is 5.32 Å². The summed E-state index contributed by atoms with van der Waals surface area (Å²) in [6, 6.07) is 3.31. The highest BCUT2D eigenvalue weighted by Crippen LogP contribution is 2.31. The predicted molar refractivity (Wildman–Crippen MR) is 87.4 cm³/mol. The fourth-order valence-corrected chi connectivity index (χ4v) is 2.12. The molecule has 2 unspecified atom stereocenters. The van der Waals surface area contributed by atoms with Crippen molar-refractivity contribution in [3.63, 3.8) is 0 Å². The van der Waals surface area contributed by atoms with E-state index in [1.54, 1.807) is 20.8 Å². The van der Waals surface area contributed by atoms with Crippen molar-refractivity contribution in [3.8, 4) is 0 Å². The summed E-state index contributed by atoms with van der Waals surface area (Å²) in [6.45, 7) is 4.33. The van der Waals surface area contributed by atoms with Crippen LogP contribution in [0.2, 0.25) is 0 Å². The number of ether oxygens (including phenoxy) is 3. The van der Waals surface area contributed by atoms with Crippen LogP contribution in [0.4, 0.5) is 18.0 Å². The van der Waals surface area contributed by atoms with E-state index in [0.717, 1.165) is 12.1 Å². The smallest absolute Gasteiger partial charge is 0.416 e. The van der Waals surface area contributed by atoms with Crippen LogP contribution in [-0.4, -0.2) is 43.4 Å². The maximum atomic E-state index is 12.7. The summed E-state index contributed by atoms with van der Waals surface area (Å²) in [7, 11) is 1.37. The van der Waals surface area contributed by atoms with Gasteiger partial charge in [-0.05, 0) is 38.5 Å². The number of rotatable bonds is 7. The van der Waals surface area contributed by atoms with Crippen molar-refractivity contribution in [2.24, 2.45) is 0 Å². The first-order chi connectivity index (χ1) is 12.0. The van der Waals surface area contributed by atoms with E-state index in [-0.39, 0.29) is 6.79 Å². The molecule has 1 aromatic rings. The summed E-state index contributed by atoms with van der Waals surface area (Å²) in [4.78, 5) is 11.9. The quantitative estimate of drug-likeness (QED) is 0.711. The summed E-state index contributed by atoms with van der Waals surface area (Å²) in [5.41, 5.74) is -1.22. The number of hydrogen-bond donors (Lipinski definition) is 2. The molecular weight excluding hydrogens is 355 g/mol. The lowest BCUT2D eigenvalue weighted by atomic mass is 10.0. The molecule has 0 aliphatic carbocycles. The zero-order valence-electron chi connectivity index (χ0n) is 15.1. The van der Waals surface area contributed by atoms with E-state index in [4.69, 9.17) is 14.2 Å². The number of nitrogens with one attached hydrogen (secondary N) is 1. The van der Waals surface area contributed by atoms with Crippen LogP contribution in [0.25, 0.3) is 0 Å². The summed E-state index contributed by atoms with van der Waals surface area (Å²) in [5, 5.41) is 12.1. The molecule has 0 bridgehead atoms. The molecule has 1 aromatic carbocycles. The molecule has 0 saturated heterocycles. The highest BCUT2D eigenvalue weighted by Gasteiger charge is 2.32. The van der Waals surface area contributed by atoms with Crippen LogP contribution < -0.4 is 5.32 Å². The number of carbonyl (C=O) groups is 1. The summed E-state index contributed by atoms with van der Waals surface area (Å²) in [6.07, 6.45) is -6.18. The second kappa shape index (κ2) is 9.20. The van der Waals surface area contributed by atoms with Gasteiger partial charge in [0.2, 0.25) is 0 Å². The Kier molecular flexibility index (Phi) is 7.86. The van der Waals surface area contributed by atoms with Gasteiger partial charge in [-0.2, -0.15) is 13.2 Å². The molecule has 0 heterocycles. The van der Waals surface area contributed by atoms with Crippen molar-refractivity contribution in [2.45, 2.75) is 44.7 Å². The lowest BCUT2D eigenvalue weighted by Gasteiger charge is -2.28. The molecular formula is C17H24F3NO5. The van der Waals surface area contributed by atoms with Crippen molar-refractivity contribution in [1.29, 1.82) is 0 Å². The number of methoxy groups -OCH3 is 1. The van der Waals surface area contributed by atoms with Crippen molar-refractivity contribution in [3.05, 3.63) is 35.4 Å². The molecule has 0 saturated carbocycles. The SMILES string of the molecule is COCOC(c1ccc(C(F)(F)F)cc1)C(CO)NC(=O)OC(C)(C)C.